The average molecular weight is 198 g/mol. The van der Waals surface area contributed by atoms with Gasteiger partial charge in [-0.05, 0) is 18.6 Å². The molecular formula is C10H18O2Si. The van der Waals surface area contributed by atoms with Gasteiger partial charge in [0.15, 0.2) is 0 Å². The Kier molecular flexibility index (Phi) is 2.98. The predicted octanol–water partition coefficient (Wildman–Crippen LogP) is 2.27. The summed E-state index contributed by atoms with van der Waals surface area (Å²) in [7, 11) is -1.35. The molecule has 0 fully saturated rings. The van der Waals surface area contributed by atoms with Crippen LogP contribution in [0.5, 0.6) is 0 Å². The molecule has 2 nitrogen and oxygen atoms in total. The molecule has 1 N–H and O–H groups in total. The van der Waals surface area contributed by atoms with Crippen molar-refractivity contribution in [3.8, 4) is 0 Å². The van der Waals surface area contributed by atoms with E-state index in [0.717, 1.165) is 5.38 Å². The van der Waals surface area contributed by atoms with Crippen LogP contribution in [0.3, 0.4) is 0 Å². The molecule has 1 rings (SSSR count). The Morgan fingerprint density at radius 2 is 2.00 bits per heavy atom. The molecule has 1 heterocycles. The molecule has 0 unspecified atom stereocenters. The van der Waals surface area contributed by atoms with Crippen molar-refractivity contribution < 1.29 is 9.52 Å². The van der Waals surface area contributed by atoms with Crippen LogP contribution in [0.2, 0.25) is 19.6 Å². The molecule has 0 amide bonds. The van der Waals surface area contributed by atoms with Crippen molar-refractivity contribution in [2.45, 2.75) is 39.1 Å². The highest BCUT2D eigenvalue weighted by atomic mass is 28.3. The molecule has 13 heavy (non-hydrogen) atoms. The Bertz CT molecular complexity index is 273. The monoisotopic (exact) mass is 198 g/mol. The molecule has 1 atom stereocenters. The second-order valence-corrected chi connectivity index (χ2v) is 9.37. The fourth-order valence-corrected chi connectivity index (χ4v) is 2.14. The van der Waals surface area contributed by atoms with E-state index in [-0.39, 0.29) is 0 Å². The van der Waals surface area contributed by atoms with E-state index in [0.29, 0.717) is 12.2 Å². The number of aliphatic hydroxyl groups excluding tert-OH is 1. The molecule has 1 aromatic heterocycles. The number of hydrogen-bond donors (Lipinski definition) is 1. The highest BCUT2D eigenvalue weighted by Crippen LogP contribution is 2.16. The Hall–Kier alpha value is -0.543. The summed E-state index contributed by atoms with van der Waals surface area (Å²) in [5.74, 6) is 0.708. The summed E-state index contributed by atoms with van der Waals surface area (Å²) < 4.78 is 5.61. The van der Waals surface area contributed by atoms with Crippen molar-refractivity contribution in [1.29, 1.82) is 0 Å². The predicted molar refractivity (Wildman–Crippen MR) is 56.9 cm³/mol. The van der Waals surface area contributed by atoms with Gasteiger partial charge in [-0.15, -0.1) is 0 Å². The summed E-state index contributed by atoms with van der Waals surface area (Å²) in [6.07, 6.45) is 0.267. The van der Waals surface area contributed by atoms with Crippen LogP contribution in [0.15, 0.2) is 16.5 Å². The van der Waals surface area contributed by atoms with E-state index in [9.17, 15) is 5.11 Å². The fraction of sp³-hybridized carbons (Fsp3) is 0.600. The van der Waals surface area contributed by atoms with Gasteiger partial charge in [0.25, 0.3) is 0 Å². The first-order valence-electron chi connectivity index (χ1n) is 4.73. The van der Waals surface area contributed by atoms with Crippen LogP contribution in [0.4, 0.5) is 0 Å². The van der Waals surface area contributed by atoms with E-state index in [4.69, 9.17) is 4.42 Å². The van der Waals surface area contributed by atoms with Crippen LogP contribution in [-0.4, -0.2) is 13.2 Å². The van der Waals surface area contributed by atoms with Gasteiger partial charge in [-0.3, -0.25) is 0 Å². The van der Waals surface area contributed by atoms with E-state index < -0.39 is 14.2 Å². The Morgan fingerprint density at radius 3 is 2.38 bits per heavy atom. The van der Waals surface area contributed by atoms with Gasteiger partial charge >= 0.3 is 0 Å². The maximum Gasteiger partial charge on any atom is 0.131 e. The fourth-order valence-electron chi connectivity index (χ4n) is 1.14. The van der Waals surface area contributed by atoms with E-state index in [1.807, 2.05) is 19.1 Å². The van der Waals surface area contributed by atoms with Crippen molar-refractivity contribution in [2.24, 2.45) is 0 Å². The van der Waals surface area contributed by atoms with E-state index in [2.05, 4.69) is 19.6 Å². The van der Waals surface area contributed by atoms with E-state index in [1.54, 1.807) is 0 Å². The molecule has 74 valence electrons. The first-order chi connectivity index (χ1) is 5.95. The zero-order chi connectivity index (χ0) is 10.1. The van der Waals surface area contributed by atoms with Crippen LogP contribution < -0.4 is 5.38 Å². The highest BCUT2D eigenvalue weighted by molar-refractivity contribution is 6.87. The van der Waals surface area contributed by atoms with Gasteiger partial charge in [0.2, 0.25) is 0 Å². The number of hydrogen-bond acceptors (Lipinski definition) is 2. The summed E-state index contributed by atoms with van der Waals surface area (Å²) >= 11 is 0. The summed E-state index contributed by atoms with van der Waals surface area (Å²) in [5, 5.41) is 10.6. The number of furan rings is 1. The van der Waals surface area contributed by atoms with Gasteiger partial charge in [-0.25, -0.2) is 0 Å². The summed E-state index contributed by atoms with van der Waals surface area (Å²) in [6, 6.07) is 3.89. The lowest BCUT2D eigenvalue weighted by atomic mass is 10.2. The molecule has 0 spiro atoms. The largest absolute Gasteiger partial charge is 0.468 e. The van der Waals surface area contributed by atoms with Crippen LogP contribution in [0.25, 0.3) is 0 Å². The third-order valence-electron chi connectivity index (χ3n) is 2.08. The summed E-state index contributed by atoms with van der Waals surface area (Å²) in [6.45, 7) is 8.64. The molecule has 0 bridgehead atoms. The van der Waals surface area contributed by atoms with Crippen LogP contribution >= 0.6 is 0 Å². The van der Waals surface area contributed by atoms with Crippen molar-refractivity contribution in [3.05, 3.63) is 17.9 Å². The van der Waals surface area contributed by atoms with Crippen LogP contribution in [0, 0.1) is 0 Å². The van der Waals surface area contributed by atoms with Gasteiger partial charge in [0.1, 0.15) is 19.9 Å². The molecule has 1 aromatic rings. The zero-order valence-corrected chi connectivity index (χ0v) is 9.79. The third kappa shape index (κ3) is 2.45. The standard InChI is InChI=1S/C10H18O2Si/c1-5-8(11)9-6-7-10(12-9)13(2,3)4/h6-8,11H,5H2,1-4H3/t8-/m1/s1. The molecule has 0 aliphatic heterocycles. The Morgan fingerprint density at radius 1 is 1.38 bits per heavy atom. The second kappa shape index (κ2) is 3.68. The van der Waals surface area contributed by atoms with E-state index >= 15 is 0 Å². The average Bonchev–Trinajstić information content (AvgIpc) is 2.50. The molecule has 0 aliphatic rings. The maximum atomic E-state index is 9.53. The van der Waals surface area contributed by atoms with Crippen molar-refractivity contribution >= 4 is 13.5 Å². The maximum absolute atomic E-state index is 9.53. The Balaban J connectivity index is 2.87. The molecule has 0 saturated carbocycles. The quantitative estimate of drug-likeness (QED) is 0.756. The first-order valence-corrected chi connectivity index (χ1v) is 8.23. The molecule has 3 heteroatoms. The normalized spacial score (nSPS) is 14.5. The van der Waals surface area contributed by atoms with Gasteiger partial charge < -0.3 is 9.52 Å². The number of rotatable bonds is 3. The molecule has 0 aliphatic carbocycles. The summed E-state index contributed by atoms with van der Waals surface area (Å²) in [4.78, 5) is 0. The van der Waals surface area contributed by atoms with Crippen molar-refractivity contribution in [3.63, 3.8) is 0 Å². The zero-order valence-electron chi connectivity index (χ0n) is 8.79. The van der Waals surface area contributed by atoms with Crippen molar-refractivity contribution in [2.75, 3.05) is 0 Å². The van der Waals surface area contributed by atoms with Crippen molar-refractivity contribution in [1.82, 2.24) is 0 Å². The lowest BCUT2D eigenvalue weighted by Gasteiger charge is -2.12. The second-order valence-electron chi connectivity index (χ2n) is 4.38. The molecule has 0 aromatic carbocycles. The minimum Gasteiger partial charge on any atom is -0.468 e. The van der Waals surface area contributed by atoms with Gasteiger partial charge in [-0.2, -0.15) is 0 Å². The van der Waals surface area contributed by atoms with Gasteiger partial charge in [0.05, 0.1) is 5.38 Å². The first kappa shape index (κ1) is 10.5. The summed E-state index contributed by atoms with van der Waals surface area (Å²) in [5.41, 5.74) is 0. The van der Waals surface area contributed by atoms with E-state index in [1.165, 1.54) is 0 Å². The SMILES string of the molecule is CC[C@@H](O)c1ccc([Si](C)(C)C)o1. The highest BCUT2D eigenvalue weighted by Gasteiger charge is 2.22. The molecular weight excluding hydrogens is 180 g/mol. The smallest absolute Gasteiger partial charge is 0.131 e. The molecule has 0 saturated heterocycles. The van der Waals surface area contributed by atoms with Gasteiger partial charge in [0, 0.05) is 0 Å². The minimum atomic E-state index is -1.35. The third-order valence-corrected chi connectivity index (χ3v) is 3.83. The minimum absolute atomic E-state index is 0.440. The lowest BCUT2D eigenvalue weighted by molar-refractivity contribution is 0.147. The van der Waals surface area contributed by atoms with Crippen LogP contribution in [-0.2, 0) is 0 Å². The van der Waals surface area contributed by atoms with Gasteiger partial charge in [-0.1, -0.05) is 26.6 Å². The Labute approximate surface area is 80.6 Å². The number of aliphatic hydroxyl groups is 1. The van der Waals surface area contributed by atoms with Crippen LogP contribution in [0.1, 0.15) is 25.2 Å². The molecule has 0 radical (unpaired) electrons. The topological polar surface area (TPSA) is 33.4 Å². The lowest BCUT2D eigenvalue weighted by Crippen LogP contribution is -2.36.